The van der Waals surface area contributed by atoms with Gasteiger partial charge in [0.05, 0.1) is 5.41 Å². The molecule has 0 aromatic carbocycles. The first-order chi connectivity index (χ1) is 10.2. The van der Waals surface area contributed by atoms with Crippen LogP contribution in [0.1, 0.15) is 50.2 Å². The Hall–Kier alpha value is -1.82. The zero-order valence-electron chi connectivity index (χ0n) is 12.4. The van der Waals surface area contributed by atoms with Crippen LogP contribution in [0.3, 0.4) is 0 Å². The number of hydrogen-bond acceptors (Lipinski definition) is 6. The van der Waals surface area contributed by atoms with Crippen molar-refractivity contribution in [1.82, 2.24) is 20.1 Å². The van der Waals surface area contributed by atoms with E-state index in [1.807, 2.05) is 6.92 Å². The van der Waals surface area contributed by atoms with Gasteiger partial charge in [-0.2, -0.15) is 4.98 Å². The smallest absolute Gasteiger partial charge is 0.234 e. The highest BCUT2D eigenvalue weighted by molar-refractivity contribution is 5.47. The number of aromatic nitrogens is 4. The average molecular weight is 287 g/mol. The maximum Gasteiger partial charge on any atom is 0.234 e. The van der Waals surface area contributed by atoms with Crippen molar-refractivity contribution in [2.24, 2.45) is 5.73 Å². The highest BCUT2D eigenvalue weighted by Crippen LogP contribution is 2.37. The van der Waals surface area contributed by atoms with E-state index in [-0.39, 0.29) is 5.41 Å². The van der Waals surface area contributed by atoms with E-state index in [4.69, 9.17) is 10.3 Å². The average Bonchev–Trinajstić information content (AvgIpc) is 2.87. The van der Waals surface area contributed by atoms with Crippen LogP contribution in [0, 0.1) is 6.92 Å². The second kappa shape index (κ2) is 5.89. The molecule has 2 N–H and O–H groups in total. The molecule has 1 aliphatic rings. The maximum atomic E-state index is 6.06. The van der Waals surface area contributed by atoms with E-state index in [0.29, 0.717) is 29.8 Å². The van der Waals surface area contributed by atoms with E-state index in [9.17, 15) is 0 Å². The Morgan fingerprint density at radius 1 is 1.19 bits per heavy atom. The van der Waals surface area contributed by atoms with Gasteiger partial charge in [-0.15, -0.1) is 0 Å². The van der Waals surface area contributed by atoms with Gasteiger partial charge in [0.1, 0.15) is 11.5 Å². The summed E-state index contributed by atoms with van der Waals surface area (Å²) < 4.78 is 5.55. The molecule has 2 aromatic heterocycles. The zero-order valence-corrected chi connectivity index (χ0v) is 12.4. The molecule has 0 unspecified atom stereocenters. The van der Waals surface area contributed by atoms with E-state index in [0.717, 1.165) is 12.8 Å². The predicted molar refractivity (Wildman–Crippen MR) is 78.5 cm³/mol. The molecule has 3 rings (SSSR count). The monoisotopic (exact) mass is 287 g/mol. The summed E-state index contributed by atoms with van der Waals surface area (Å²) in [5, 5.41) is 4.09. The molecule has 0 bridgehead atoms. The molecule has 2 heterocycles. The van der Waals surface area contributed by atoms with Gasteiger partial charge in [-0.05, 0) is 25.8 Å². The Kier molecular flexibility index (Phi) is 3.96. The molecule has 21 heavy (non-hydrogen) atoms. The van der Waals surface area contributed by atoms with Gasteiger partial charge in [0.2, 0.25) is 11.7 Å². The van der Waals surface area contributed by atoms with Crippen LogP contribution in [0.5, 0.6) is 0 Å². The van der Waals surface area contributed by atoms with Crippen molar-refractivity contribution < 1.29 is 4.52 Å². The highest BCUT2D eigenvalue weighted by Gasteiger charge is 2.37. The summed E-state index contributed by atoms with van der Waals surface area (Å²) in [5.74, 6) is 1.88. The first-order valence-corrected chi connectivity index (χ1v) is 7.58. The van der Waals surface area contributed by atoms with Gasteiger partial charge in [-0.1, -0.05) is 30.8 Å². The van der Waals surface area contributed by atoms with Gasteiger partial charge in [-0.3, -0.25) is 0 Å². The van der Waals surface area contributed by atoms with Crippen molar-refractivity contribution in [2.75, 3.05) is 6.54 Å². The molecule has 6 nitrogen and oxygen atoms in total. The standard InChI is InChI=1S/C15H21N5O/c1-11-17-9-6-12(18-11)13-19-14(21-20-13)15(10-16)7-4-2-3-5-8-15/h6,9H,2-5,7-8,10,16H2,1H3. The van der Waals surface area contributed by atoms with E-state index >= 15 is 0 Å². The van der Waals surface area contributed by atoms with Crippen molar-refractivity contribution in [1.29, 1.82) is 0 Å². The summed E-state index contributed by atoms with van der Waals surface area (Å²) in [7, 11) is 0. The van der Waals surface area contributed by atoms with Gasteiger partial charge in [0.15, 0.2) is 0 Å². The molecule has 2 aromatic rings. The molecule has 6 heteroatoms. The minimum atomic E-state index is -0.163. The van der Waals surface area contributed by atoms with Gasteiger partial charge in [0.25, 0.3) is 0 Å². The maximum absolute atomic E-state index is 6.06. The lowest BCUT2D eigenvalue weighted by atomic mass is 9.80. The van der Waals surface area contributed by atoms with Crippen LogP contribution in [-0.2, 0) is 5.41 Å². The number of hydrogen-bond donors (Lipinski definition) is 1. The van der Waals surface area contributed by atoms with Crippen LogP contribution >= 0.6 is 0 Å². The lowest BCUT2D eigenvalue weighted by Crippen LogP contribution is -2.35. The van der Waals surface area contributed by atoms with Crippen LogP contribution in [0.2, 0.25) is 0 Å². The summed E-state index contributed by atoms with van der Waals surface area (Å²) in [6, 6.07) is 1.80. The third-order valence-electron chi connectivity index (χ3n) is 4.34. The van der Waals surface area contributed by atoms with Crippen molar-refractivity contribution in [3.05, 3.63) is 24.0 Å². The Morgan fingerprint density at radius 2 is 1.95 bits per heavy atom. The Bertz CT molecular complexity index is 602. The molecule has 0 radical (unpaired) electrons. The van der Waals surface area contributed by atoms with Crippen LogP contribution in [0.4, 0.5) is 0 Å². The Labute approximate surface area is 124 Å². The van der Waals surface area contributed by atoms with Gasteiger partial charge in [-0.25, -0.2) is 9.97 Å². The van der Waals surface area contributed by atoms with E-state index in [2.05, 4.69) is 20.1 Å². The molecule has 0 spiro atoms. The van der Waals surface area contributed by atoms with E-state index in [1.54, 1.807) is 12.3 Å². The summed E-state index contributed by atoms with van der Waals surface area (Å²) in [6.45, 7) is 2.40. The lowest BCUT2D eigenvalue weighted by molar-refractivity contribution is 0.257. The largest absolute Gasteiger partial charge is 0.338 e. The van der Waals surface area contributed by atoms with Crippen molar-refractivity contribution in [2.45, 2.75) is 50.9 Å². The van der Waals surface area contributed by atoms with Gasteiger partial charge in [0, 0.05) is 12.7 Å². The van der Waals surface area contributed by atoms with E-state index in [1.165, 1.54) is 25.7 Å². The second-order valence-electron chi connectivity index (χ2n) is 5.81. The Morgan fingerprint density at radius 3 is 2.62 bits per heavy atom. The fraction of sp³-hybridized carbons (Fsp3) is 0.600. The van der Waals surface area contributed by atoms with Gasteiger partial charge >= 0.3 is 0 Å². The SMILES string of the molecule is Cc1nccc(-c2noc(C3(CN)CCCCCC3)n2)n1. The molecule has 0 atom stereocenters. The van der Waals surface area contributed by atoms with Crippen LogP contribution in [0.25, 0.3) is 11.5 Å². The van der Waals surface area contributed by atoms with Crippen LogP contribution in [0.15, 0.2) is 16.8 Å². The molecule has 0 saturated heterocycles. The fourth-order valence-electron chi connectivity index (χ4n) is 3.03. The molecular weight excluding hydrogens is 266 g/mol. The molecule has 1 fully saturated rings. The first kappa shape index (κ1) is 14.1. The minimum absolute atomic E-state index is 0.163. The van der Waals surface area contributed by atoms with Crippen molar-refractivity contribution >= 4 is 0 Å². The highest BCUT2D eigenvalue weighted by atomic mass is 16.5. The summed E-state index contributed by atoms with van der Waals surface area (Å²) in [6.07, 6.45) is 8.60. The molecular formula is C15H21N5O. The minimum Gasteiger partial charge on any atom is -0.338 e. The molecule has 112 valence electrons. The number of aryl methyl sites for hydroxylation is 1. The lowest BCUT2D eigenvalue weighted by Gasteiger charge is -2.26. The normalized spacial score (nSPS) is 18.4. The first-order valence-electron chi connectivity index (χ1n) is 7.58. The van der Waals surface area contributed by atoms with Crippen LogP contribution in [-0.4, -0.2) is 26.7 Å². The summed E-state index contributed by atoms with van der Waals surface area (Å²) >= 11 is 0. The van der Waals surface area contributed by atoms with Crippen LogP contribution < -0.4 is 5.73 Å². The second-order valence-corrected chi connectivity index (χ2v) is 5.81. The van der Waals surface area contributed by atoms with Crippen molar-refractivity contribution in [3.8, 4) is 11.5 Å². The van der Waals surface area contributed by atoms with Crippen molar-refractivity contribution in [3.63, 3.8) is 0 Å². The van der Waals surface area contributed by atoms with E-state index < -0.39 is 0 Å². The summed E-state index contributed by atoms with van der Waals surface area (Å²) in [4.78, 5) is 13.0. The Balaban J connectivity index is 1.92. The van der Waals surface area contributed by atoms with Gasteiger partial charge < -0.3 is 10.3 Å². The molecule has 1 saturated carbocycles. The molecule has 0 amide bonds. The number of nitrogens with zero attached hydrogens (tertiary/aromatic N) is 4. The third kappa shape index (κ3) is 2.81. The quantitative estimate of drug-likeness (QED) is 0.872. The zero-order chi connectivity index (χ0) is 14.7. The third-order valence-corrected chi connectivity index (χ3v) is 4.34. The topological polar surface area (TPSA) is 90.7 Å². The number of nitrogens with two attached hydrogens (primary N) is 1. The molecule has 1 aliphatic carbocycles. The molecule has 0 aliphatic heterocycles. The fourth-order valence-corrected chi connectivity index (χ4v) is 3.03. The predicted octanol–water partition coefficient (Wildman–Crippen LogP) is 2.39. The number of rotatable bonds is 3. The summed E-state index contributed by atoms with van der Waals surface area (Å²) in [5.41, 5.74) is 6.59.